The first kappa shape index (κ1) is 18.6. The quantitative estimate of drug-likeness (QED) is 0.655. The number of ether oxygens (including phenoxy) is 1. The zero-order valence-corrected chi connectivity index (χ0v) is 15.6. The molecule has 0 bridgehead atoms. The number of hydrogen-bond donors (Lipinski definition) is 0. The number of benzene rings is 1. The third kappa shape index (κ3) is 3.80. The minimum atomic E-state index is -2.89. The zero-order valence-electron chi connectivity index (χ0n) is 15.6. The van der Waals surface area contributed by atoms with E-state index in [1.165, 1.54) is 6.07 Å². The lowest BCUT2D eigenvalue weighted by atomic mass is 10.1. The van der Waals surface area contributed by atoms with Crippen molar-refractivity contribution in [2.24, 2.45) is 0 Å². The Bertz CT molecular complexity index is 1160. The van der Waals surface area contributed by atoms with E-state index in [0.717, 1.165) is 11.4 Å². The summed E-state index contributed by atoms with van der Waals surface area (Å²) in [7, 11) is 0. The van der Waals surface area contributed by atoms with Gasteiger partial charge >= 0.3 is 6.61 Å². The molecule has 0 fully saturated rings. The van der Waals surface area contributed by atoms with Gasteiger partial charge in [0, 0.05) is 24.7 Å². The predicted octanol–water partition coefficient (Wildman–Crippen LogP) is 4.01. The summed E-state index contributed by atoms with van der Waals surface area (Å²) in [5.41, 5.74) is 3.47. The lowest BCUT2D eigenvalue weighted by Gasteiger charge is -2.20. The molecule has 0 N–H and O–H groups in total. The van der Waals surface area contributed by atoms with Crippen LogP contribution in [0.4, 0.5) is 14.6 Å². The molecule has 2 aromatic heterocycles. The van der Waals surface area contributed by atoms with Crippen molar-refractivity contribution < 1.29 is 13.5 Å². The van der Waals surface area contributed by atoms with Gasteiger partial charge in [-0.2, -0.15) is 14.0 Å². The minimum Gasteiger partial charge on any atom is -0.435 e. The van der Waals surface area contributed by atoms with Gasteiger partial charge in [-0.05, 0) is 19.1 Å². The molecule has 0 unspecified atom stereocenters. The molecule has 146 valence electrons. The van der Waals surface area contributed by atoms with Crippen LogP contribution >= 0.6 is 0 Å². The average molecular weight is 393 g/mol. The molecule has 0 saturated heterocycles. The van der Waals surface area contributed by atoms with E-state index in [1.807, 2.05) is 28.5 Å². The van der Waals surface area contributed by atoms with Crippen molar-refractivity contribution in [3.05, 3.63) is 77.5 Å². The lowest BCUT2D eigenvalue weighted by Crippen LogP contribution is -2.20. The summed E-state index contributed by atoms with van der Waals surface area (Å²) in [6, 6.07) is 8.86. The summed E-state index contributed by atoms with van der Waals surface area (Å²) in [5, 5.41) is 9.13. The van der Waals surface area contributed by atoms with Crippen LogP contribution in [0.5, 0.6) is 5.75 Å². The molecule has 0 radical (unpaired) electrons. The molecule has 3 aromatic rings. The number of anilines is 1. The Kier molecular flexibility index (Phi) is 4.96. The fourth-order valence-corrected chi connectivity index (χ4v) is 3.30. The Morgan fingerprint density at radius 2 is 2.14 bits per heavy atom. The monoisotopic (exact) mass is 393 g/mol. The molecule has 1 aromatic carbocycles. The van der Waals surface area contributed by atoms with Crippen LogP contribution in [-0.2, 0) is 6.42 Å². The number of para-hydroxylation sites is 1. The van der Waals surface area contributed by atoms with Crippen LogP contribution in [0.3, 0.4) is 0 Å². The Labute approximate surface area is 166 Å². The fraction of sp³-hybridized carbons (Fsp3) is 0.190. The lowest BCUT2D eigenvalue weighted by molar-refractivity contribution is -0.0503. The number of imidazole rings is 1. The number of rotatable bonds is 5. The van der Waals surface area contributed by atoms with E-state index >= 15 is 0 Å². The van der Waals surface area contributed by atoms with E-state index in [1.54, 1.807) is 36.7 Å². The van der Waals surface area contributed by atoms with Crippen LogP contribution in [0.25, 0.3) is 5.65 Å². The van der Waals surface area contributed by atoms with Crippen LogP contribution in [0.1, 0.15) is 17.0 Å². The van der Waals surface area contributed by atoms with Crippen LogP contribution in [0.15, 0.2) is 60.6 Å². The summed E-state index contributed by atoms with van der Waals surface area (Å²) in [6.07, 6.45) is 9.27. The Morgan fingerprint density at radius 1 is 1.31 bits per heavy atom. The van der Waals surface area contributed by atoms with Gasteiger partial charge in [-0.15, -0.1) is 0 Å². The number of halogens is 2. The Balaban J connectivity index is 1.73. The minimum absolute atomic E-state index is 0.147. The van der Waals surface area contributed by atoms with E-state index in [-0.39, 0.29) is 5.75 Å². The van der Waals surface area contributed by atoms with E-state index in [0.29, 0.717) is 35.6 Å². The largest absolute Gasteiger partial charge is 0.435 e. The smallest absolute Gasteiger partial charge is 0.387 e. The average Bonchev–Trinajstić information content (AvgIpc) is 3.03. The molecule has 6 nitrogen and oxygen atoms in total. The van der Waals surface area contributed by atoms with E-state index < -0.39 is 6.61 Å². The van der Waals surface area contributed by atoms with Crippen molar-refractivity contribution in [2.75, 3.05) is 11.4 Å². The maximum atomic E-state index is 12.7. The highest BCUT2D eigenvalue weighted by molar-refractivity contribution is 5.54. The van der Waals surface area contributed by atoms with Crippen LogP contribution in [0.2, 0.25) is 0 Å². The second kappa shape index (κ2) is 7.72. The first-order chi connectivity index (χ1) is 14.0. The summed E-state index contributed by atoms with van der Waals surface area (Å²) in [4.78, 5) is 10.8. The van der Waals surface area contributed by atoms with Gasteiger partial charge in [-0.1, -0.05) is 24.3 Å². The van der Waals surface area contributed by atoms with Gasteiger partial charge in [0.1, 0.15) is 17.6 Å². The molecule has 0 amide bonds. The van der Waals surface area contributed by atoms with Gasteiger partial charge < -0.3 is 9.64 Å². The molecule has 3 heterocycles. The van der Waals surface area contributed by atoms with Crippen molar-refractivity contribution >= 4 is 11.5 Å². The first-order valence-corrected chi connectivity index (χ1v) is 8.96. The highest BCUT2D eigenvalue weighted by Gasteiger charge is 2.16. The maximum Gasteiger partial charge on any atom is 0.387 e. The SMILES string of the molecule is Cc1nc2cnc(N3C=C(C#N)C=CC3)cn2c1Cc1ccccc1OC(F)F. The fourth-order valence-electron chi connectivity index (χ4n) is 3.30. The van der Waals surface area contributed by atoms with Gasteiger partial charge in [0.05, 0.1) is 29.4 Å². The summed E-state index contributed by atoms with van der Waals surface area (Å²) >= 11 is 0. The molecule has 8 heteroatoms. The van der Waals surface area contributed by atoms with Crippen molar-refractivity contribution in [2.45, 2.75) is 20.0 Å². The highest BCUT2D eigenvalue weighted by Crippen LogP contribution is 2.26. The van der Waals surface area contributed by atoms with Crippen molar-refractivity contribution in [1.29, 1.82) is 5.26 Å². The van der Waals surface area contributed by atoms with Gasteiger partial charge in [0.25, 0.3) is 0 Å². The van der Waals surface area contributed by atoms with Gasteiger partial charge in [0.2, 0.25) is 0 Å². The topological polar surface area (TPSA) is 66.5 Å². The summed E-state index contributed by atoms with van der Waals surface area (Å²) in [5.74, 6) is 0.805. The summed E-state index contributed by atoms with van der Waals surface area (Å²) < 4.78 is 32.0. The number of aromatic nitrogens is 3. The third-order valence-electron chi connectivity index (χ3n) is 4.66. The first-order valence-electron chi connectivity index (χ1n) is 8.96. The molecule has 0 spiro atoms. The van der Waals surface area contributed by atoms with E-state index in [4.69, 9.17) is 5.26 Å². The number of aryl methyl sites for hydroxylation is 1. The summed E-state index contributed by atoms with van der Waals surface area (Å²) in [6.45, 7) is -0.420. The number of allylic oxidation sites excluding steroid dienone is 2. The second-order valence-electron chi connectivity index (χ2n) is 6.53. The van der Waals surface area contributed by atoms with Gasteiger partial charge in [0.15, 0.2) is 5.65 Å². The molecule has 0 atom stereocenters. The van der Waals surface area contributed by atoms with Gasteiger partial charge in [-0.3, -0.25) is 4.40 Å². The van der Waals surface area contributed by atoms with Crippen molar-refractivity contribution in [3.63, 3.8) is 0 Å². The maximum absolute atomic E-state index is 12.7. The van der Waals surface area contributed by atoms with Crippen LogP contribution < -0.4 is 9.64 Å². The molecule has 0 aliphatic carbocycles. The number of nitrogens with zero attached hydrogens (tertiary/aromatic N) is 5. The molecule has 1 aliphatic rings. The third-order valence-corrected chi connectivity index (χ3v) is 4.66. The molecule has 4 rings (SSSR count). The highest BCUT2D eigenvalue weighted by atomic mass is 19.3. The van der Waals surface area contributed by atoms with Crippen molar-refractivity contribution in [1.82, 2.24) is 14.4 Å². The molecule has 29 heavy (non-hydrogen) atoms. The van der Waals surface area contributed by atoms with E-state index in [2.05, 4.69) is 20.8 Å². The normalized spacial score (nSPS) is 13.6. The van der Waals surface area contributed by atoms with Crippen LogP contribution in [-0.4, -0.2) is 27.5 Å². The number of alkyl halides is 2. The zero-order chi connectivity index (χ0) is 20.4. The number of hydrogen-bond acceptors (Lipinski definition) is 5. The Hall–Kier alpha value is -3.73. The molecule has 0 saturated carbocycles. The van der Waals surface area contributed by atoms with Gasteiger partial charge in [-0.25, -0.2) is 9.97 Å². The molecular formula is C21H17F2N5O. The Morgan fingerprint density at radius 3 is 2.93 bits per heavy atom. The van der Waals surface area contributed by atoms with E-state index in [9.17, 15) is 8.78 Å². The van der Waals surface area contributed by atoms with Crippen LogP contribution in [0, 0.1) is 18.3 Å². The second-order valence-corrected chi connectivity index (χ2v) is 6.53. The number of nitriles is 1. The predicted molar refractivity (Wildman–Crippen MR) is 104 cm³/mol. The van der Waals surface area contributed by atoms with Crippen molar-refractivity contribution in [3.8, 4) is 11.8 Å². The number of fused-ring (bicyclic) bond motifs is 1. The standard InChI is InChI=1S/C21H17F2N5O/c1-14-17(9-16-6-2-3-7-18(16)29-21(22)23)28-13-20(25-11-19(28)26-14)27-8-4-5-15(10-24)12-27/h2-7,11-13,21H,8-9H2,1H3. The molecular weight excluding hydrogens is 376 g/mol. The molecule has 1 aliphatic heterocycles.